The fraction of sp³-hybridized carbons (Fsp3) is 0.0667. The third-order valence-electron chi connectivity index (χ3n) is 2.52. The van der Waals surface area contributed by atoms with Gasteiger partial charge in [0.1, 0.15) is 0 Å². The van der Waals surface area contributed by atoms with Crippen molar-refractivity contribution in [3.05, 3.63) is 65.2 Å². The van der Waals surface area contributed by atoms with E-state index in [4.69, 9.17) is 11.6 Å². The second-order valence-corrected chi connectivity index (χ2v) is 4.44. The number of hydrogen-bond donors (Lipinski definition) is 2. The lowest BCUT2D eigenvalue weighted by molar-refractivity contribution is -0.119. The van der Waals surface area contributed by atoms with Crippen LogP contribution >= 0.6 is 11.6 Å². The molecule has 0 aliphatic rings. The first-order valence-corrected chi connectivity index (χ1v) is 6.49. The molecule has 0 aliphatic carbocycles. The number of benzene rings is 2. The molecular weight excluding hydrogens is 274 g/mol. The van der Waals surface area contributed by atoms with E-state index in [-0.39, 0.29) is 12.5 Å². The number of anilines is 1. The number of amides is 1. The largest absolute Gasteiger partial charge is 0.376 e. The highest BCUT2D eigenvalue weighted by Gasteiger charge is 1.99. The van der Waals surface area contributed by atoms with Crippen LogP contribution in [0.5, 0.6) is 0 Å². The molecule has 0 aromatic heterocycles. The van der Waals surface area contributed by atoms with E-state index in [2.05, 4.69) is 15.8 Å². The highest BCUT2D eigenvalue weighted by molar-refractivity contribution is 6.33. The van der Waals surface area contributed by atoms with Gasteiger partial charge >= 0.3 is 0 Å². The van der Waals surface area contributed by atoms with Crippen LogP contribution in [0.1, 0.15) is 5.56 Å². The Morgan fingerprint density at radius 3 is 2.55 bits per heavy atom. The minimum Gasteiger partial charge on any atom is -0.376 e. The van der Waals surface area contributed by atoms with Gasteiger partial charge in [0.2, 0.25) is 0 Å². The molecule has 0 unspecified atom stereocenters. The number of carbonyl (C=O) groups is 1. The fourth-order valence-electron chi connectivity index (χ4n) is 1.53. The lowest BCUT2D eigenvalue weighted by Crippen LogP contribution is -2.25. The summed E-state index contributed by atoms with van der Waals surface area (Å²) in [6, 6.07) is 16.8. The number of nitrogens with zero attached hydrogens (tertiary/aromatic N) is 1. The van der Waals surface area contributed by atoms with Crippen LogP contribution in [-0.4, -0.2) is 18.7 Å². The predicted octanol–water partition coefficient (Wildman–Crippen LogP) is 2.90. The summed E-state index contributed by atoms with van der Waals surface area (Å²) in [5, 5.41) is 7.45. The smallest absolute Gasteiger partial charge is 0.259 e. The Labute approximate surface area is 122 Å². The summed E-state index contributed by atoms with van der Waals surface area (Å²) in [6.07, 6.45) is 1.52. The minimum absolute atomic E-state index is 0.157. The molecule has 2 N–H and O–H groups in total. The molecule has 0 heterocycles. The van der Waals surface area contributed by atoms with E-state index in [1.165, 1.54) is 6.21 Å². The van der Waals surface area contributed by atoms with Crippen molar-refractivity contribution < 1.29 is 4.79 Å². The van der Waals surface area contributed by atoms with Crippen molar-refractivity contribution in [3.8, 4) is 0 Å². The Kier molecular flexibility index (Phi) is 5.15. The first kappa shape index (κ1) is 14.1. The number of hydrazone groups is 1. The molecule has 0 saturated heterocycles. The quantitative estimate of drug-likeness (QED) is 0.656. The molecule has 0 atom stereocenters. The van der Waals surface area contributed by atoms with E-state index in [1.54, 1.807) is 6.07 Å². The standard InChI is InChI=1S/C15H14ClN3O/c16-14-9-5-4-6-12(14)10-18-19-15(20)11-17-13-7-2-1-3-8-13/h1-10,17H,11H2,(H,19,20). The van der Waals surface area contributed by atoms with Gasteiger partial charge in [0.15, 0.2) is 0 Å². The minimum atomic E-state index is -0.225. The van der Waals surface area contributed by atoms with Crippen LogP contribution in [0, 0.1) is 0 Å². The molecule has 102 valence electrons. The molecule has 1 amide bonds. The summed E-state index contributed by atoms with van der Waals surface area (Å²) >= 11 is 5.96. The second kappa shape index (κ2) is 7.31. The molecule has 5 heteroatoms. The van der Waals surface area contributed by atoms with Gasteiger partial charge in [-0.2, -0.15) is 5.10 Å². The van der Waals surface area contributed by atoms with Crippen LogP contribution in [0.3, 0.4) is 0 Å². The Morgan fingerprint density at radius 1 is 1.10 bits per heavy atom. The molecule has 0 fully saturated rings. The molecule has 2 aromatic carbocycles. The van der Waals surface area contributed by atoms with Crippen molar-refractivity contribution in [2.45, 2.75) is 0 Å². The van der Waals surface area contributed by atoms with E-state index in [0.29, 0.717) is 5.02 Å². The highest BCUT2D eigenvalue weighted by atomic mass is 35.5. The van der Waals surface area contributed by atoms with Gasteiger partial charge < -0.3 is 5.32 Å². The van der Waals surface area contributed by atoms with Crippen LogP contribution in [0.2, 0.25) is 5.02 Å². The van der Waals surface area contributed by atoms with Crippen molar-refractivity contribution in [1.29, 1.82) is 0 Å². The van der Waals surface area contributed by atoms with Gasteiger partial charge in [-0.05, 0) is 18.2 Å². The SMILES string of the molecule is O=C(CNc1ccccc1)NN=Cc1ccccc1Cl. The first-order chi connectivity index (χ1) is 9.75. The van der Waals surface area contributed by atoms with Crippen LogP contribution in [-0.2, 0) is 4.79 Å². The summed E-state index contributed by atoms with van der Waals surface area (Å²) in [6.45, 7) is 0.157. The molecule has 0 bridgehead atoms. The average Bonchev–Trinajstić information content (AvgIpc) is 2.48. The Bertz CT molecular complexity index is 599. The van der Waals surface area contributed by atoms with Gasteiger partial charge in [-0.25, -0.2) is 5.43 Å². The number of rotatable bonds is 5. The normalized spacial score (nSPS) is 10.4. The molecule has 2 aromatic rings. The maximum absolute atomic E-state index is 11.6. The fourth-order valence-corrected chi connectivity index (χ4v) is 1.72. The van der Waals surface area contributed by atoms with Crippen molar-refractivity contribution in [1.82, 2.24) is 5.43 Å². The van der Waals surface area contributed by atoms with Gasteiger partial charge in [0.25, 0.3) is 5.91 Å². The maximum atomic E-state index is 11.6. The van der Waals surface area contributed by atoms with Crippen LogP contribution in [0.4, 0.5) is 5.69 Å². The Hall–Kier alpha value is -2.33. The topological polar surface area (TPSA) is 53.5 Å². The highest BCUT2D eigenvalue weighted by Crippen LogP contribution is 2.11. The molecule has 0 saturated carbocycles. The molecule has 4 nitrogen and oxygen atoms in total. The summed E-state index contributed by atoms with van der Waals surface area (Å²) in [5.41, 5.74) is 4.08. The molecule has 20 heavy (non-hydrogen) atoms. The van der Waals surface area contributed by atoms with Crippen LogP contribution in [0.25, 0.3) is 0 Å². The zero-order valence-corrected chi connectivity index (χ0v) is 11.5. The lowest BCUT2D eigenvalue weighted by atomic mass is 10.2. The lowest BCUT2D eigenvalue weighted by Gasteiger charge is -2.04. The maximum Gasteiger partial charge on any atom is 0.259 e. The van der Waals surface area contributed by atoms with E-state index in [0.717, 1.165) is 11.3 Å². The molecule has 0 aliphatic heterocycles. The van der Waals surface area contributed by atoms with Crippen molar-refractivity contribution in [3.63, 3.8) is 0 Å². The van der Waals surface area contributed by atoms with Gasteiger partial charge in [-0.1, -0.05) is 48.0 Å². The van der Waals surface area contributed by atoms with Crippen molar-refractivity contribution in [2.75, 3.05) is 11.9 Å². The summed E-state index contributed by atoms with van der Waals surface area (Å²) in [5.74, 6) is -0.225. The number of carbonyl (C=O) groups excluding carboxylic acids is 1. The van der Waals surface area contributed by atoms with E-state index >= 15 is 0 Å². The summed E-state index contributed by atoms with van der Waals surface area (Å²) < 4.78 is 0. The molecule has 2 rings (SSSR count). The average molecular weight is 288 g/mol. The van der Waals surface area contributed by atoms with Gasteiger partial charge in [0, 0.05) is 16.3 Å². The van der Waals surface area contributed by atoms with E-state index in [1.807, 2.05) is 48.5 Å². The third kappa shape index (κ3) is 4.40. The Morgan fingerprint density at radius 2 is 1.80 bits per heavy atom. The number of halogens is 1. The summed E-state index contributed by atoms with van der Waals surface area (Å²) in [4.78, 5) is 11.6. The third-order valence-corrected chi connectivity index (χ3v) is 2.87. The van der Waals surface area contributed by atoms with E-state index in [9.17, 15) is 4.79 Å². The van der Waals surface area contributed by atoms with Crippen molar-refractivity contribution >= 4 is 29.4 Å². The zero-order valence-electron chi connectivity index (χ0n) is 10.7. The molecular formula is C15H14ClN3O. The monoisotopic (exact) mass is 287 g/mol. The van der Waals surface area contributed by atoms with Gasteiger partial charge in [0.05, 0.1) is 12.8 Å². The Balaban J connectivity index is 1.79. The van der Waals surface area contributed by atoms with Crippen LogP contribution in [0.15, 0.2) is 59.7 Å². The summed E-state index contributed by atoms with van der Waals surface area (Å²) in [7, 11) is 0. The molecule has 0 radical (unpaired) electrons. The van der Waals surface area contributed by atoms with Gasteiger partial charge in [-0.3, -0.25) is 4.79 Å². The van der Waals surface area contributed by atoms with E-state index < -0.39 is 0 Å². The second-order valence-electron chi connectivity index (χ2n) is 4.03. The van der Waals surface area contributed by atoms with Crippen LogP contribution < -0.4 is 10.7 Å². The first-order valence-electron chi connectivity index (χ1n) is 6.11. The number of nitrogens with one attached hydrogen (secondary N) is 2. The van der Waals surface area contributed by atoms with Gasteiger partial charge in [-0.15, -0.1) is 0 Å². The van der Waals surface area contributed by atoms with Crippen molar-refractivity contribution in [2.24, 2.45) is 5.10 Å². The predicted molar refractivity (Wildman–Crippen MR) is 82.1 cm³/mol. The molecule has 0 spiro atoms. The number of hydrogen-bond acceptors (Lipinski definition) is 3. The number of para-hydroxylation sites is 1. The zero-order chi connectivity index (χ0) is 14.2.